The molecule has 0 radical (unpaired) electrons. The summed E-state index contributed by atoms with van der Waals surface area (Å²) in [5.74, 6) is 1.54. The first kappa shape index (κ1) is 17.8. The summed E-state index contributed by atoms with van der Waals surface area (Å²) in [6.07, 6.45) is 3.49. The van der Waals surface area contributed by atoms with Gasteiger partial charge in [-0.1, -0.05) is 18.2 Å². The number of likely N-dealkylation sites (tertiary alicyclic amines) is 1. The van der Waals surface area contributed by atoms with Gasteiger partial charge in [-0.2, -0.15) is 4.68 Å². The van der Waals surface area contributed by atoms with Crippen LogP contribution in [0.1, 0.15) is 12.8 Å². The summed E-state index contributed by atoms with van der Waals surface area (Å²) >= 11 is 5.65. The summed E-state index contributed by atoms with van der Waals surface area (Å²) in [7, 11) is 1.65. The van der Waals surface area contributed by atoms with Crippen molar-refractivity contribution < 1.29 is 14.7 Å². The molecule has 1 aromatic heterocycles. The third-order valence-corrected chi connectivity index (χ3v) is 4.98. The second kappa shape index (κ2) is 7.95. The van der Waals surface area contributed by atoms with Crippen molar-refractivity contribution in [2.24, 2.45) is 0 Å². The summed E-state index contributed by atoms with van der Waals surface area (Å²) in [5, 5.41) is 14.7. The highest BCUT2D eigenvalue weighted by molar-refractivity contribution is 7.71. The predicted octanol–water partition coefficient (Wildman–Crippen LogP) is 1.27. The predicted molar refractivity (Wildman–Crippen MR) is 99.2 cm³/mol. The van der Waals surface area contributed by atoms with Crippen LogP contribution in [0.3, 0.4) is 0 Å². The Hall–Kier alpha value is -1.96. The minimum atomic E-state index is -0.234. The van der Waals surface area contributed by atoms with E-state index in [2.05, 4.69) is 6.58 Å². The Morgan fingerprint density at radius 1 is 1.48 bits per heavy atom. The van der Waals surface area contributed by atoms with Crippen molar-refractivity contribution in [1.82, 2.24) is 14.3 Å². The minimum Gasteiger partial charge on any atom is -0.496 e. The highest BCUT2D eigenvalue weighted by Crippen LogP contribution is 2.28. The number of allylic oxidation sites excluding steroid dienone is 1. The first-order chi connectivity index (χ1) is 12.1. The summed E-state index contributed by atoms with van der Waals surface area (Å²) in [4.78, 5) is 1.30. The van der Waals surface area contributed by atoms with Crippen molar-refractivity contribution in [2.45, 2.75) is 32.2 Å². The molecule has 0 amide bonds. The van der Waals surface area contributed by atoms with Crippen LogP contribution < -0.4 is 9.64 Å². The number of hydrogen-bond donors (Lipinski definition) is 2. The zero-order chi connectivity index (χ0) is 17.8. The van der Waals surface area contributed by atoms with Crippen molar-refractivity contribution in [2.75, 3.05) is 20.2 Å². The van der Waals surface area contributed by atoms with Gasteiger partial charge >= 0.3 is 0 Å². The van der Waals surface area contributed by atoms with E-state index >= 15 is 0 Å². The molecule has 1 aromatic carbocycles. The Kier molecular flexibility index (Phi) is 5.67. The van der Waals surface area contributed by atoms with Crippen LogP contribution in [-0.2, 0) is 13.2 Å². The van der Waals surface area contributed by atoms with Crippen LogP contribution >= 0.6 is 12.2 Å². The highest BCUT2D eigenvalue weighted by Gasteiger charge is 2.23. The first-order valence-electron chi connectivity index (χ1n) is 8.57. The number of aromatic nitrogens is 3. The molecule has 2 N–H and O–H groups in total. The fourth-order valence-electron chi connectivity index (χ4n) is 3.35. The summed E-state index contributed by atoms with van der Waals surface area (Å²) in [6, 6.07) is 7.80. The van der Waals surface area contributed by atoms with E-state index in [4.69, 9.17) is 22.1 Å². The number of hydrogen-bond acceptors (Lipinski definition) is 4. The molecule has 2 heterocycles. The van der Waals surface area contributed by atoms with E-state index in [-0.39, 0.29) is 6.10 Å². The normalized spacial score (nSPS) is 20.4. The number of aliphatic hydroxyl groups is 1. The van der Waals surface area contributed by atoms with Gasteiger partial charge in [0.1, 0.15) is 18.4 Å². The Morgan fingerprint density at radius 3 is 3.00 bits per heavy atom. The average Bonchev–Trinajstić information content (AvgIpc) is 2.91. The summed E-state index contributed by atoms with van der Waals surface area (Å²) < 4.78 is 9.97. The van der Waals surface area contributed by atoms with Gasteiger partial charge in [-0.05, 0) is 37.2 Å². The molecule has 2 aromatic rings. The zero-order valence-electron chi connectivity index (χ0n) is 14.5. The third kappa shape index (κ3) is 3.84. The zero-order valence-corrected chi connectivity index (χ0v) is 15.3. The fraction of sp³-hybridized carbons (Fsp3) is 0.444. The molecular weight excluding hydrogens is 336 g/mol. The van der Waals surface area contributed by atoms with Gasteiger partial charge in [-0.15, -0.1) is 11.7 Å². The molecule has 1 aliphatic rings. The molecule has 25 heavy (non-hydrogen) atoms. The lowest BCUT2D eigenvalue weighted by Crippen LogP contribution is -3.13. The molecule has 1 saturated heterocycles. The highest BCUT2D eigenvalue weighted by atomic mass is 32.1. The van der Waals surface area contributed by atoms with Crippen LogP contribution in [0.5, 0.6) is 5.75 Å². The lowest BCUT2D eigenvalue weighted by atomic mass is 10.1. The van der Waals surface area contributed by atoms with E-state index in [9.17, 15) is 5.11 Å². The standard InChI is InChI=1S/C18H24N4O2S/c1-3-10-21-17(15-8-4-5-9-16(15)24-2)19-22(18(21)25)13-20-11-6-7-14(23)12-20/h3-5,8-9,14,23H,1,6-7,10-13H2,2H3/p+1/t14-/m1/s1. The molecule has 134 valence electrons. The van der Waals surface area contributed by atoms with Crippen LogP contribution in [0, 0.1) is 4.77 Å². The monoisotopic (exact) mass is 361 g/mol. The van der Waals surface area contributed by atoms with E-state index in [1.807, 2.05) is 39.6 Å². The number of piperidine rings is 1. The maximum atomic E-state index is 9.91. The Labute approximate surface area is 153 Å². The lowest BCUT2D eigenvalue weighted by Gasteiger charge is -2.26. The number of quaternary nitrogens is 1. The number of nitrogens with zero attached hydrogens (tertiary/aromatic N) is 3. The van der Waals surface area contributed by atoms with Gasteiger partial charge in [-0.3, -0.25) is 4.57 Å². The fourth-order valence-corrected chi connectivity index (χ4v) is 3.61. The second-order valence-corrected chi connectivity index (χ2v) is 6.73. The molecule has 1 unspecified atom stereocenters. The Morgan fingerprint density at radius 2 is 2.28 bits per heavy atom. The number of para-hydroxylation sites is 1. The van der Waals surface area contributed by atoms with E-state index in [1.165, 1.54) is 4.90 Å². The minimum absolute atomic E-state index is 0.234. The van der Waals surface area contributed by atoms with Crippen LogP contribution in [0.15, 0.2) is 36.9 Å². The number of nitrogens with one attached hydrogen (secondary N) is 1. The van der Waals surface area contributed by atoms with E-state index < -0.39 is 0 Å². The van der Waals surface area contributed by atoms with Crippen LogP contribution in [-0.4, -0.2) is 45.8 Å². The number of methoxy groups -OCH3 is 1. The SMILES string of the molecule is C=CCn1c(-c2ccccc2OC)nn(C[NH+]2CCC[C@@H](O)C2)c1=S. The molecule has 0 aliphatic carbocycles. The van der Waals surface area contributed by atoms with Gasteiger partial charge in [-0.25, -0.2) is 0 Å². The molecule has 0 spiro atoms. The summed E-state index contributed by atoms with van der Waals surface area (Å²) in [6.45, 7) is 6.84. The van der Waals surface area contributed by atoms with Crippen LogP contribution in [0.2, 0.25) is 0 Å². The van der Waals surface area contributed by atoms with Crippen molar-refractivity contribution in [3.05, 3.63) is 41.7 Å². The largest absolute Gasteiger partial charge is 0.496 e. The van der Waals surface area contributed by atoms with Crippen LogP contribution in [0.4, 0.5) is 0 Å². The van der Waals surface area contributed by atoms with Gasteiger partial charge in [0.2, 0.25) is 4.77 Å². The Balaban J connectivity index is 1.98. The maximum absolute atomic E-state index is 9.91. The lowest BCUT2D eigenvalue weighted by molar-refractivity contribution is -0.931. The van der Waals surface area contributed by atoms with Gasteiger partial charge in [0.25, 0.3) is 0 Å². The van der Waals surface area contributed by atoms with Crippen molar-refractivity contribution in [1.29, 1.82) is 0 Å². The first-order valence-corrected chi connectivity index (χ1v) is 8.98. The van der Waals surface area contributed by atoms with Gasteiger partial charge in [0.05, 0.1) is 19.2 Å². The van der Waals surface area contributed by atoms with Crippen molar-refractivity contribution in [3.8, 4) is 17.1 Å². The van der Waals surface area contributed by atoms with Crippen molar-refractivity contribution >= 4 is 12.2 Å². The molecular formula is C18H25N4O2S+. The van der Waals surface area contributed by atoms with Crippen molar-refractivity contribution in [3.63, 3.8) is 0 Å². The molecule has 0 bridgehead atoms. The molecule has 3 rings (SSSR count). The van der Waals surface area contributed by atoms with Gasteiger partial charge < -0.3 is 14.7 Å². The van der Waals surface area contributed by atoms with Gasteiger partial charge in [0, 0.05) is 6.54 Å². The van der Waals surface area contributed by atoms with E-state index in [0.29, 0.717) is 18.0 Å². The number of benzene rings is 1. The number of rotatable bonds is 6. The second-order valence-electron chi connectivity index (χ2n) is 6.36. The molecule has 2 atom stereocenters. The average molecular weight is 361 g/mol. The number of ether oxygens (including phenoxy) is 1. The smallest absolute Gasteiger partial charge is 0.203 e. The molecule has 1 fully saturated rings. The maximum Gasteiger partial charge on any atom is 0.203 e. The Bertz CT molecular complexity index is 799. The molecule has 7 heteroatoms. The molecule has 1 aliphatic heterocycles. The molecule has 0 saturated carbocycles. The van der Waals surface area contributed by atoms with Gasteiger partial charge in [0.15, 0.2) is 12.5 Å². The summed E-state index contributed by atoms with van der Waals surface area (Å²) in [5.41, 5.74) is 0.908. The van der Waals surface area contributed by atoms with E-state index in [1.54, 1.807) is 7.11 Å². The topological polar surface area (TPSA) is 56.7 Å². The third-order valence-electron chi connectivity index (χ3n) is 4.55. The van der Waals surface area contributed by atoms with E-state index in [0.717, 1.165) is 43.1 Å². The quantitative estimate of drug-likeness (QED) is 0.601. The molecule has 6 nitrogen and oxygen atoms in total. The number of aliphatic hydroxyl groups excluding tert-OH is 1. The van der Waals surface area contributed by atoms with Crippen LogP contribution in [0.25, 0.3) is 11.4 Å².